The zero-order valence-corrected chi connectivity index (χ0v) is 18.4. The smallest absolute Gasteiger partial charge is 0.184 e. The highest BCUT2D eigenvalue weighted by atomic mass is 16.6. The highest BCUT2D eigenvalue weighted by molar-refractivity contribution is 5.70. The van der Waals surface area contributed by atoms with E-state index in [0.29, 0.717) is 26.1 Å². The number of ether oxygens (including phenoxy) is 4. The maximum atomic E-state index is 11.6. The van der Waals surface area contributed by atoms with Crippen LogP contribution < -0.4 is 0 Å². The molecule has 0 bridgehead atoms. The summed E-state index contributed by atoms with van der Waals surface area (Å²) in [7, 11) is 0. The number of allylic oxidation sites excluding steroid dienone is 1. The van der Waals surface area contributed by atoms with Crippen LogP contribution in [0.15, 0.2) is 103 Å². The minimum atomic E-state index is -0.483. The average molecular weight is 445 g/mol. The topological polar surface area (TPSA) is 54.0 Å². The number of aldehydes is 1. The lowest BCUT2D eigenvalue weighted by Gasteiger charge is -2.36. The molecule has 1 aliphatic heterocycles. The van der Waals surface area contributed by atoms with Gasteiger partial charge in [0.2, 0.25) is 0 Å². The zero-order chi connectivity index (χ0) is 22.7. The molecule has 4 rings (SSSR count). The minimum absolute atomic E-state index is 0.237. The molecule has 33 heavy (non-hydrogen) atoms. The SMILES string of the molecule is O=CC1=C[C@H](OCc2ccccc2)[C@@H](OCc2ccccc2)C(COCc2ccccc2)O1. The van der Waals surface area contributed by atoms with Gasteiger partial charge in [0, 0.05) is 0 Å². The maximum Gasteiger partial charge on any atom is 0.184 e. The predicted octanol–water partition coefficient (Wildman–Crippen LogP) is 4.86. The lowest BCUT2D eigenvalue weighted by Crippen LogP contribution is -2.47. The molecule has 1 unspecified atom stereocenters. The summed E-state index contributed by atoms with van der Waals surface area (Å²) in [5.74, 6) is 0.237. The van der Waals surface area contributed by atoms with Gasteiger partial charge in [-0.15, -0.1) is 0 Å². The molecule has 5 heteroatoms. The molecule has 3 aromatic carbocycles. The van der Waals surface area contributed by atoms with Crippen LogP contribution in [0.25, 0.3) is 0 Å². The van der Waals surface area contributed by atoms with Gasteiger partial charge in [0.1, 0.15) is 12.2 Å². The van der Waals surface area contributed by atoms with Gasteiger partial charge in [-0.1, -0.05) is 91.0 Å². The number of benzene rings is 3. The van der Waals surface area contributed by atoms with Crippen molar-refractivity contribution in [3.05, 3.63) is 120 Å². The Morgan fingerprint density at radius 1 is 0.697 bits per heavy atom. The van der Waals surface area contributed by atoms with E-state index in [1.54, 1.807) is 6.08 Å². The van der Waals surface area contributed by atoms with E-state index >= 15 is 0 Å². The van der Waals surface area contributed by atoms with Gasteiger partial charge in [0.15, 0.2) is 18.1 Å². The lowest BCUT2D eigenvalue weighted by molar-refractivity contribution is -0.155. The third kappa shape index (κ3) is 6.86. The summed E-state index contributed by atoms with van der Waals surface area (Å²) < 4.78 is 24.4. The molecule has 0 aromatic heterocycles. The normalized spacial score (nSPS) is 20.0. The Hall–Kier alpha value is -3.25. The van der Waals surface area contributed by atoms with Crippen molar-refractivity contribution in [2.45, 2.75) is 38.1 Å². The molecule has 0 N–H and O–H groups in total. The van der Waals surface area contributed by atoms with E-state index in [0.717, 1.165) is 16.7 Å². The summed E-state index contributed by atoms with van der Waals surface area (Å²) in [4.78, 5) is 11.6. The van der Waals surface area contributed by atoms with Crippen molar-refractivity contribution < 1.29 is 23.7 Å². The van der Waals surface area contributed by atoms with Crippen LogP contribution in [0, 0.1) is 0 Å². The van der Waals surface area contributed by atoms with Gasteiger partial charge in [0.25, 0.3) is 0 Å². The van der Waals surface area contributed by atoms with Crippen molar-refractivity contribution >= 4 is 6.29 Å². The molecule has 1 heterocycles. The van der Waals surface area contributed by atoms with Crippen LogP contribution in [0.3, 0.4) is 0 Å². The van der Waals surface area contributed by atoms with Gasteiger partial charge in [-0.3, -0.25) is 4.79 Å². The van der Waals surface area contributed by atoms with Crippen molar-refractivity contribution in [3.8, 4) is 0 Å². The summed E-state index contributed by atoms with van der Waals surface area (Å²) >= 11 is 0. The Morgan fingerprint density at radius 3 is 1.76 bits per heavy atom. The van der Waals surface area contributed by atoms with E-state index in [1.807, 2.05) is 91.0 Å². The molecule has 0 radical (unpaired) electrons. The molecule has 3 atom stereocenters. The predicted molar refractivity (Wildman–Crippen MR) is 125 cm³/mol. The van der Waals surface area contributed by atoms with Crippen molar-refractivity contribution in [3.63, 3.8) is 0 Å². The summed E-state index contributed by atoms with van der Waals surface area (Å²) in [5, 5.41) is 0. The second-order valence-electron chi connectivity index (χ2n) is 7.87. The molecule has 5 nitrogen and oxygen atoms in total. The molecule has 0 saturated carbocycles. The number of rotatable bonds is 11. The Labute approximate surface area is 194 Å². The molecule has 170 valence electrons. The van der Waals surface area contributed by atoms with Gasteiger partial charge >= 0.3 is 0 Å². The molecule has 0 aliphatic carbocycles. The van der Waals surface area contributed by atoms with Gasteiger partial charge in [-0.25, -0.2) is 0 Å². The van der Waals surface area contributed by atoms with E-state index < -0.39 is 18.3 Å². The first-order chi connectivity index (χ1) is 16.3. The first-order valence-corrected chi connectivity index (χ1v) is 11.1. The third-order valence-corrected chi connectivity index (χ3v) is 5.39. The molecule has 0 saturated heterocycles. The van der Waals surface area contributed by atoms with Crippen LogP contribution in [-0.4, -0.2) is 31.2 Å². The fraction of sp³-hybridized carbons (Fsp3) is 0.250. The Balaban J connectivity index is 1.47. The quantitative estimate of drug-likeness (QED) is 0.396. The molecular formula is C28H28O5. The molecular weight excluding hydrogens is 416 g/mol. The summed E-state index contributed by atoms with van der Waals surface area (Å²) in [6.07, 6.45) is 1.03. The molecule has 0 fully saturated rings. The monoisotopic (exact) mass is 444 g/mol. The Bertz CT molecular complexity index is 1000. The van der Waals surface area contributed by atoms with Crippen LogP contribution >= 0.6 is 0 Å². The second kappa shape index (κ2) is 12.1. The maximum absolute atomic E-state index is 11.6. The second-order valence-corrected chi connectivity index (χ2v) is 7.87. The van der Waals surface area contributed by atoms with Crippen LogP contribution in [0.2, 0.25) is 0 Å². The van der Waals surface area contributed by atoms with E-state index in [1.165, 1.54) is 0 Å². The standard InChI is InChI=1S/C28H28O5/c29-17-25-16-26(31-19-23-12-6-2-7-13-23)28(32-20-24-14-8-3-9-15-24)27(33-25)21-30-18-22-10-4-1-5-11-22/h1-17,26-28H,18-21H2/t26-,27?,28+/m0/s1. The first-order valence-electron chi connectivity index (χ1n) is 11.1. The van der Waals surface area contributed by atoms with Crippen molar-refractivity contribution in [2.75, 3.05) is 6.61 Å². The van der Waals surface area contributed by atoms with Crippen molar-refractivity contribution in [1.29, 1.82) is 0 Å². The van der Waals surface area contributed by atoms with E-state index in [-0.39, 0.29) is 12.4 Å². The highest BCUT2D eigenvalue weighted by Gasteiger charge is 2.37. The average Bonchev–Trinajstić information content (AvgIpc) is 2.88. The van der Waals surface area contributed by atoms with E-state index in [2.05, 4.69) is 0 Å². The molecule has 1 aliphatic rings. The van der Waals surface area contributed by atoms with Crippen LogP contribution in [0.4, 0.5) is 0 Å². The van der Waals surface area contributed by atoms with E-state index in [9.17, 15) is 4.79 Å². The fourth-order valence-electron chi connectivity index (χ4n) is 3.69. The largest absolute Gasteiger partial charge is 0.482 e. The Kier molecular flexibility index (Phi) is 8.42. The zero-order valence-electron chi connectivity index (χ0n) is 18.4. The first kappa shape index (κ1) is 22.9. The third-order valence-electron chi connectivity index (χ3n) is 5.39. The van der Waals surface area contributed by atoms with E-state index in [4.69, 9.17) is 18.9 Å². The Morgan fingerprint density at radius 2 is 1.21 bits per heavy atom. The van der Waals surface area contributed by atoms with Gasteiger partial charge < -0.3 is 18.9 Å². The lowest BCUT2D eigenvalue weighted by atomic mass is 10.0. The van der Waals surface area contributed by atoms with Gasteiger partial charge in [-0.05, 0) is 22.8 Å². The van der Waals surface area contributed by atoms with Crippen LogP contribution in [0.5, 0.6) is 0 Å². The number of carbonyl (C=O) groups is 1. The molecule has 0 amide bonds. The number of hydrogen-bond donors (Lipinski definition) is 0. The van der Waals surface area contributed by atoms with Crippen molar-refractivity contribution in [1.82, 2.24) is 0 Å². The number of hydrogen-bond acceptors (Lipinski definition) is 5. The highest BCUT2D eigenvalue weighted by Crippen LogP contribution is 2.25. The fourth-order valence-corrected chi connectivity index (χ4v) is 3.69. The molecule has 0 spiro atoms. The van der Waals surface area contributed by atoms with Crippen LogP contribution in [-0.2, 0) is 43.6 Å². The summed E-state index contributed by atoms with van der Waals surface area (Å²) in [6.45, 7) is 1.52. The minimum Gasteiger partial charge on any atom is -0.482 e. The summed E-state index contributed by atoms with van der Waals surface area (Å²) in [5.41, 5.74) is 3.16. The van der Waals surface area contributed by atoms with Gasteiger partial charge in [0.05, 0.1) is 26.4 Å². The number of carbonyl (C=O) groups excluding carboxylic acids is 1. The van der Waals surface area contributed by atoms with Crippen LogP contribution in [0.1, 0.15) is 16.7 Å². The van der Waals surface area contributed by atoms with Gasteiger partial charge in [-0.2, -0.15) is 0 Å². The van der Waals surface area contributed by atoms with Crippen molar-refractivity contribution in [2.24, 2.45) is 0 Å². The molecule has 3 aromatic rings. The summed E-state index contributed by atoms with van der Waals surface area (Å²) in [6, 6.07) is 29.8.